The molecule has 1 fully saturated rings. The third kappa shape index (κ3) is 4.53. The summed E-state index contributed by atoms with van der Waals surface area (Å²) in [7, 11) is 1.70. The minimum atomic E-state index is -0.768. The molecule has 0 bridgehead atoms. The van der Waals surface area contributed by atoms with Crippen LogP contribution in [0.15, 0.2) is 4.52 Å². The Kier molecular flexibility index (Phi) is 6.30. The normalized spacial score (nSPS) is 22.1. The first-order valence-corrected chi connectivity index (χ1v) is 8.34. The lowest BCUT2D eigenvalue weighted by Gasteiger charge is -2.28. The number of rotatable bonds is 7. The number of carbonyl (C=O) groups excluding carboxylic acids is 1. The van der Waals surface area contributed by atoms with Gasteiger partial charge < -0.3 is 19.3 Å². The van der Waals surface area contributed by atoms with Crippen LogP contribution in [0.2, 0.25) is 0 Å². The average molecular weight is 339 g/mol. The summed E-state index contributed by atoms with van der Waals surface area (Å²) >= 11 is 0. The molecule has 0 radical (unpaired) electrons. The van der Waals surface area contributed by atoms with E-state index >= 15 is 0 Å². The van der Waals surface area contributed by atoms with Crippen LogP contribution in [0, 0.1) is 11.8 Å². The molecule has 1 atom stereocenters. The molecule has 24 heavy (non-hydrogen) atoms. The standard InChI is InChI=1S/C16H25N3O5/c1-4-23-10(2)14-17-13(24-18-14)9-19(3)15(20)11-5-7-12(8-6-11)16(21)22/h10-12H,4-9H2,1-3H3,(H,21,22). The molecule has 1 amide bonds. The summed E-state index contributed by atoms with van der Waals surface area (Å²) in [5.41, 5.74) is 0. The second-order valence-electron chi connectivity index (χ2n) is 6.22. The first-order valence-electron chi connectivity index (χ1n) is 8.34. The zero-order valence-electron chi connectivity index (χ0n) is 14.4. The second-order valence-corrected chi connectivity index (χ2v) is 6.22. The highest BCUT2D eigenvalue weighted by molar-refractivity contribution is 5.79. The van der Waals surface area contributed by atoms with Crippen LogP contribution in [0.1, 0.15) is 57.3 Å². The van der Waals surface area contributed by atoms with Crippen molar-refractivity contribution in [2.24, 2.45) is 11.8 Å². The van der Waals surface area contributed by atoms with Gasteiger partial charge in [-0.2, -0.15) is 4.98 Å². The number of aromatic nitrogens is 2. The van der Waals surface area contributed by atoms with Crippen molar-refractivity contribution in [1.82, 2.24) is 15.0 Å². The lowest BCUT2D eigenvalue weighted by Crippen LogP contribution is -2.35. The highest BCUT2D eigenvalue weighted by atomic mass is 16.5. The monoisotopic (exact) mass is 339 g/mol. The Morgan fingerprint density at radius 3 is 2.54 bits per heavy atom. The molecule has 1 N–H and O–H groups in total. The van der Waals surface area contributed by atoms with E-state index < -0.39 is 5.97 Å². The maximum absolute atomic E-state index is 12.5. The fourth-order valence-corrected chi connectivity index (χ4v) is 3.00. The largest absolute Gasteiger partial charge is 0.481 e. The SMILES string of the molecule is CCOC(C)c1noc(CN(C)C(=O)C2CCC(C(=O)O)CC2)n1. The summed E-state index contributed by atoms with van der Waals surface area (Å²) in [5.74, 6) is -0.387. The molecule has 134 valence electrons. The molecule has 0 aromatic carbocycles. The molecule has 0 spiro atoms. The molecular weight excluding hydrogens is 314 g/mol. The topological polar surface area (TPSA) is 106 Å². The summed E-state index contributed by atoms with van der Waals surface area (Å²) in [6, 6.07) is 0. The van der Waals surface area contributed by atoms with Crippen molar-refractivity contribution in [3.63, 3.8) is 0 Å². The van der Waals surface area contributed by atoms with E-state index in [-0.39, 0.29) is 30.4 Å². The molecule has 1 aliphatic rings. The number of hydrogen-bond acceptors (Lipinski definition) is 6. The molecule has 8 heteroatoms. The Hall–Kier alpha value is -1.96. The number of hydrogen-bond donors (Lipinski definition) is 1. The predicted molar refractivity (Wildman–Crippen MR) is 83.9 cm³/mol. The number of aliphatic carboxylic acids is 1. The molecular formula is C16H25N3O5. The molecule has 1 aliphatic carbocycles. The van der Waals surface area contributed by atoms with Gasteiger partial charge in [0.05, 0.1) is 12.5 Å². The van der Waals surface area contributed by atoms with Crippen LogP contribution in [0.3, 0.4) is 0 Å². The van der Waals surface area contributed by atoms with Crippen molar-refractivity contribution in [1.29, 1.82) is 0 Å². The third-order valence-electron chi connectivity index (χ3n) is 4.44. The van der Waals surface area contributed by atoms with E-state index in [1.807, 2.05) is 13.8 Å². The average Bonchev–Trinajstić information content (AvgIpc) is 3.03. The van der Waals surface area contributed by atoms with Gasteiger partial charge in [-0.1, -0.05) is 5.16 Å². The fraction of sp³-hybridized carbons (Fsp3) is 0.750. The first kappa shape index (κ1) is 18.4. The zero-order valence-corrected chi connectivity index (χ0v) is 14.4. The summed E-state index contributed by atoms with van der Waals surface area (Å²) in [4.78, 5) is 29.3. The number of carbonyl (C=O) groups is 2. The number of nitrogens with zero attached hydrogens (tertiary/aromatic N) is 3. The van der Waals surface area contributed by atoms with Crippen LogP contribution in [0.25, 0.3) is 0 Å². The van der Waals surface area contributed by atoms with E-state index in [2.05, 4.69) is 10.1 Å². The summed E-state index contributed by atoms with van der Waals surface area (Å²) in [5, 5.41) is 12.9. The van der Waals surface area contributed by atoms with E-state index in [1.54, 1.807) is 11.9 Å². The van der Waals surface area contributed by atoms with Crippen LogP contribution in [0.4, 0.5) is 0 Å². The van der Waals surface area contributed by atoms with E-state index in [0.29, 0.717) is 44.0 Å². The Labute approximate surface area is 141 Å². The van der Waals surface area contributed by atoms with E-state index in [0.717, 1.165) is 0 Å². The van der Waals surface area contributed by atoms with Gasteiger partial charge in [-0.25, -0.2) is 0 Å². The molecule has 1 aromatic heterocycles. The lowest BCUT2D eigenvalue weighted by atomic mass is 9.81. The molecule has 1 saturated carbocycles. The van der Waals surface area contributed by atoms with Crippen molar-refractivity contribution in [3.05, 3.63) is 11.7 Å². The van der Waals surface area contributed by atoms with Gasteiger partial charge in [-0.3, -0.25) is 9.59 Å². The van der Waals surface area contributed by atoms with Crippen molar-refractivity contribution in [2.75, 3.05) is 13.7 Å². The van der Waals surface area contributed by atoms with Crippen molar-refractivity contribution < 1.29 is 24.0 Å². The van der Waals surface area contributed by atoms with Gasteiger partial charge in [0, 0.05) is 19.6 Å². The second kappa shape index (κ2) is 8.23. The van der Waals surface area contributed by atoms with E-state index in [1.165, 1.54) is 0 Å². The predicted octanol–water partition coefficient (Wildman–Crippen LogP) is 2.02. The third-order valence-corrected chi connectivity index (χ3v) is 4.44. The molecule has 8 nitrogen and oxygen atoms in total. The van der Waals surface area contributed by atoms with Crippen molar-refractivity contribution in [2.45, 2.75) is 52.2 Å². The maximum atomic E-state index is 12.5. The molecule has 0 saturated heterocycles. The zero-order chi connectivity index (χ0) is 17.7. The van der Waals surface area contributed by atoms with Gasteiger partial charge in [0.25, 0.3) is 0 Å². The Balaban J connectivity index is 1.87. The highest BCUT2D eigenvalue weighted by Gasteiger charge is 2.31. The highest BCUT2D eigenvalue weighted by Crippen LogP contribution is 2.30. The maximum Gasteiger partial charge on any atom is 0.306 e. The Bertz CT molecular complexity index is 566. The fourth-order valence-electron chi connectivity index (χ4n) is 3.00. The smallest absolute Gasteiger partial charge is 0.306 e. The molecule has 0 aliphatic heterocycles. The van der Waals surface area contributed by atoms with E-state index in [4.69, 9.17) is 14.4 Å². The van der Waals surface area contributed by atoms with Crippen LogP contribution < -0.4 is 0 Å². The van der Waals surface area contributed by atoms with Crippen molar-refractivity contribution in [3.8, 4) is 0 Å². The van der Waals surface area contributed by atoms with Gasteiger partial charge in [0.1, 0.15) is 6.10 Å². The van der Waals surface area contributed by atoms with Crippen LogP contribution >= 0.6 is 0 Å². The van der Waals surface area contributed by atoms with Gasteiger partial charge in [0.15, 0.2) is 5.82 Å². The van der Waals surface area contributed by atoms with Gasteiger partial charge in [-0.15, -0.1) is 0 Å². The minimum absolute atomic E-state index is 0.00329. The summed E-state index contributed by atoms with van der Waals surface area (Å²) < 4.78 is 10.6. The van der Waals surface area contributed by atoms with Crippen molar-refractivity contribution >= 4 is 11.9 Å². The number of ether oxygens (including phenoxy) is 1. The van der Waals surface area contributed by atoms with Gasteiger partial charge in [-0.05, 0) is 39.5 Å². The van der Waals surface area contributed by atoms with Crippen LogP contribution in [0.5, 0.6) is 0 Å². The molecule has 1 heterocycles. The molecule has 1 unspecified atom stereocenters. The quantitative estimate of drug-likeness (QED) is 0.810. The van der Waals surface area contributed by atoms with Gasteiger partial charge in [0.2, 0.25) is 11.8 Å². The Morgan fingerprint density at radius 2 is 1.96 bits per heavy atom. The number of carboxylic acid groups (broad SMARTS) is 1. The summed E-state index contributed by atoms with van der Waals surface area (Å²) in [6.07, 6.45) is 2.07. The molecule has 2 rings (SSSR count). The summed E-state index contributed by atoms with van der Waals surface area (Å²) in [6.45, 7) is 4.53. The lowest BCUT2D eigenvalue weighted by molar-refractivity contribution is -0.145. The first-order chi connectivity index (χ1) is 11.4. The minimum Gasteiger partial charge on any atom is -0.481 e. The van der Waals surface area contributed by atoms with E-state index in [9.17, 15) is 9.59 Å². The Morgan fingerprint density at radius 1 is 1.33 bits per heavy atom. The number of carboxylic acids is 1. The number of amides is 1. The van der Waals surface area contributed by atoms with Crippen LogP contribution in [-0.4, -0.2) is 45.7 Å². The van der Waals surface area contributed by atoms with Gasteiger partial charge >= 0.3 is 5.97 Å². The van der Waals surface area contributed by atoms with Crippen LogP contribution in [-0.2, 0) is 20.9 Å². The molecule has 1 aromatic rings.